The first-order valence-corrected chi connectivity index (χ1v) is 4.04. The highest BCUT2D eigenvalue weighted by Crippen LogP contribution is 1.97. The van der Waals surface area contributed by atoms with Crippen LogP contribution in [0.15, 0.2) is 0 Å². The maximum absolute atomic E-state index is 10.5. The molecule has 0 saturated carbocycles. The lowest BCUT2D eigenvalue weighted by atomic mass is 10.8. The lowest BCUT2D eigenvalue weighted by molar-refractivity contribution is -0.737. The van der Waals surface area contributed by atoms with E-state index in [9.17, 15) is 30.3 Å². The highest BCUT2D eigenvalue weighted by molar-refractivity contribution is 4.38. The molecule has 0 rings (SSSR count). The predicted octanol–water partition coefficient (Wildman–Crippen LogP) is -2.04. The number of hydrogen-bond acceptors (Lipinski definition) is 7. The zero-order chi connectivity index (χ0) is 13.6. The zero-order valence-electron chi connectivity index (χ0n) is 8.70. The third-order valence-corrected chi connectivity index (χ3v) is 1.60. The molecule has 0 aliphatic heterocycles. The molecule has 0 aromatic heterocycles. The van der Waals surface area contributed by atoms with Gasteiger partial charge in [-0.1, -0.05) is 10.0 Å². The van der Waals surface area contributed by atoms with Gasteiger partial charge in [0.05, 0.1) is 7.05 Å². The molecule has 0 aliphatic rings. The summed E-state index contributed by atoms with van der Waals surface area (Å²) in [6.07, 6.45) is 0. The van der Waals surface area contributed by atoms with Gasteiger partial charge in [0, 0.05) is 0 Å². The van der Waals surface area contributed by atoms with Gasteiger partial charge in [-0.15, -0.1) is 5.01 Å². The number of rotatable bonds is 8. The Morgan fingerprint density at radius 3 is 1.71 bits per heavy atom. The molecule has 13 nitrogen and oxygen atoms in total. The van der Waals surface area contributed by atoms with E-state index in [1.165, 1.54) is 0 Å². The lowest BCUT2D eigenvalue weighted by Gasteiger charge is -2.18. The van der Waals surface area contributed by atoms with Gasteiger partial charge >= 0.3 is 0 Å². The number of aliphatic hydroxyl groups excluding tert-OH is 1. The SMILES string of the molecule is CN(CN(CN(CO)[N+](=O)[O-])[N+](=O)[O-])[N+](=O)[O-]. The summed E-state index contributed by atoms with van der Waals surface area (Å²) in [5, 5.41) is 37.3. The maximum atomic E-state index is 10.5. The number of aliphatic hydroxyl groups is 1. The van der Waals surface area contributed by atoms with Crippen LogP contribution in [0.5, 0.6) is 0 Å². The van der Waals surface area contributed by atoms with E-state index >= 15 is 0 Å². The number of hydrogen-bond donors (Lipinski definition) is 1. The largest absolute Gasteiger partial charge is 0.371 e. The van der Waals surface area contributed by atoms with Gasteiger partial charge in [0.25, 0.3) is 0 Å². The molecule has 0 bridgehead atoms. The van der Waals surface area contributed by atoms with Crippen molar-refractivity contribution in [2.45, 2.75) is 0 Å². The van der Waals surface area contributed by atoms with Crippen LogP contribution < -0.4 is 0 Å². The second kappa shape index (κ2) is 6.21. The van der Waals surface area contributed by atoms with Crippen LogP contribution in [0.3, 0.4) is 0 Å². The molecule has 0 fully saturated rings. The highest BCUT2D eigenvalue weighted by Gasteiger charge is 2.27. The molecule has 0 aromatic rings. The molecular weight excluding hydrogens is 244 g/mol. The van der Waals surface area contributed by atoms with Crippen LogP contribution in [0.4, 0.5) is 0 Å². The van der Waals surface area contributed by atoms with Crippen LogP contribution in [-0.4, -0.2) is 62.3 Å². The van der Waals surface area contributed by atoms with Crippen molar-refractivity contribution in [3.05, 3.63) is 30.3 Å². The molecule has 0 aliphatic carbocycles. The fourth-order valence-electron chi connectivity index (χ4n) is 0.772. The summed E-state index contributed by atoms with van der Waals surface area (Å²) in [5.74, 6) is 0. The first kappa shape index (κ1) is 14.6. The molecule has 0 spiro atoms. The summed E-state index contributed by atoms with van der Waals surface area (Å²) in [7, 11) is 0.964. The third kappa shape index (κ3) is 4.74. The van der Waals surface area contributed by atoms with E-state index < -0.39 is 35.2 Å². The van der Waals surface area contributed by atoms with Gasteiger partial charge in [0.1, 0.15) is 0 Å². The first-order chi connectivity index (χ1) is 7.79. The molecule has 13 heteroatoms. The molecular formula is C4H10N6O7. The average molecular weight is 254 g/mol. The maximum Gasteiger partial charge on any atom is 0.212 e. The summed E-state index contributed by atoms with van der Waals surface area (Å²) < 4.78 is 0. The van der Waals surface area contributed by atoms with Crippen LogP contribution in [0, 0.1) is 30.3 Å². The number of hydrazine groups is 3. The van der Waals surface area contributed by atoms with E-state index in [0.717, 1.165) is 7.05 Å². The first-order valence-electron chi connectivity index (χ1n) is 4.04. The molecule has 0 heterocycles. The second-order valence-electron chi connectivity index (χ2n) is 2.81. The Morgan fingerprint density at radius 1 is 0.941 bits per heavy atom. The minimum absolute atomic E-state index is 0.122. The van der Waals surface area contributed by atoms with Gasteiger partial charge in [-0.25, -0.2) is 30.3 Å². The van der Waals surface area contributed by atoms with Crippen molar-refractivity contribution in [1.82, 2.24) is 15.0 Å². The van der Waals surface area contributed by atoms with Crippen molar-refractivity contribution >= 4 is 0 Å². The third-order valence-electron chi connectivity index (χ3n) is 1.60. The van der Waals surface area contributed by atoms with Crippen molar-refractivity contribution < 1.29 is 20.2 Å². The van der Waals surface area contributed by atoms with Crippen molar-refractivity contribution in [3.8, 4) is 0 Å². The fraction of sp³-hybridized carbons (Fsp3) is 1.00. The van der Waals surface area contributed by atoms with E-state index in [1.54, 1.807) is 0 Å². The Bertz CT molecular complexity index is 309. The molecule has 0 atom stereocenters. The Labute approximate surface area is 93.8 Å². The van der Waals surface area contributed by atoms with Gasteiger partial charge < -0.3 is 5.11 Å². The quantitative estimate of drug-likeness (QED) is 0.290. The van der Waals surface area contributed by atoms with E-state index in [1.807, 2.05) is 0 Å². The van der Waals surface area contributed by atoms with E-state index in [4.69, 9.17) is 5.11 Å². The minimum atomic E-state index is -1.06. The molecule has 0 aromatic carbocycles. The van der Waals surface area contributed by atoms with E-state index in [2.05, 4.69) is 0 Å². The number of nitrogens with zero attached hydrogens (tertiary/aromatic N) is 6. The molecule has 98 valence electrons. The lowest BCUT2D eigenvalue weighted by Crippen LogP contribution is -2.49. The van der Waals surface area contributed by atoms with E-state index in [-0.39, 0.29) is 10.0 Å². The molecule has 17 heavy (non-hydrogen) atoms. The summed E-state index contributed by atoms with van der Waals surface area (Å²) in [5.41, 5.74) is 0. The number of nitro groups is 3. The fourth-order valence-corrected chi connectivity index (χ4v) is 0.772. The van der Waals surface area contributed by atoms with Crippen LogP contribution >= 0.6 is 0 Å². The van der Waals surface area contributed by atoms with Crippen molar-refractivity contribution in [2.24, 2.45) is 0 Å². The monoisotopic (exact) mass is 254 g/mol. The van der Waals surface area contributed by atoms with E-state index in [0.29, 0.717) is 5.01 Å². The van der Waals surface area contributed by atoms with Gasteiger partial charge in [0.15, 0.2) is 21.8 Å². The van der Waals surface area contributed by atoms with Crippen molar-refractivity contribution in [1.29, 1.82) is 0 Å². The normalized spacial score (nSPS) is 9.53. The van der Waals surface area contributed by atoms with Crippen LogP contribution in [0.2, 0.25) is 0 Å². The Balaban J connectivity index is 4.59. The Hall–Kier alpha value is -2.44. The molecule has 0 saturated heterocycles. The smallest absolute Gasteiger partial charge is 0.212 e. The Kier molecular flexibility index (Phi) is 5.32. The van der Waals surface area contributed by atoms with Gasteiger partial charge in [-0.05, 0) is 0 Å². The summed E-state index contributed by atoms with van der Waals surface area (Å²) in [4.78, 5) is 31.0. The zero-order valence-corrected chi connectivity index (χ0v) is 8.70. The summed E-state index contributed by atoms with van der Waals surface area (Å²) in [6.45, 7) is -2.72. The van der Waals surface area contributed by atoms with Crippen LogP contribution in [0.1, 0.15) is 0 Å². The highest BCUT2D eigenvalue weighted by atomic mass is 16.7. The van der Waals surface area contributed by atoms with Crippen molar-refractivity contribution in [3.63, 3.8) is 0 Å². The summed E-state index contributed by atoms with van der Waals surface area (Å²) in [6, 6.07) is 0. The average Bonchev–Trinajstić information content (AvgIpc) is 2.22. The Morgan fingerprint density at radius 2 is 1.41 bits per heavy atom. The molecule has 0 unspecified atom stereocenters. The van der Waals surface area contributed by atoms with Crippen molar-refractivity contribution in [2.75, 3.05) is 27.1 Å². The second-order valence-corrected chi connectivity index (χ2v) is 2.81. The standard InChI is InChI=1S/C4H10N6O7/c1-5(8(12)13)2-6(9(14)15)3-7(4-11)10(16)17/h11H,2-4H2,1H3. The minimum Gasteiger partial charge on any atom is -0.371 e. The molecule has 1 N–H and O–H groups in total. The van der Waals surface area contributed by atoms with Gasteiger partial charge in [-0.3, -0.25) is 0 Å². The topological polar surface area (TPSA) is 159 Å². The predicted molar refractivity (Wildman–Crippen MR) is 49.2 cm³/mol. The molecule has 0 amide bonds. The summed E-state index contributed by atoms with van der Waals surface area (Å²) >= 11 is 0. The molecule has 0 radical (unpaired) electrons. The van der Waals surface area contributed by atoms with Crippen LogP contribution in [-0.2, 0) is 0 Å². The van der Waals surface area contributed by atoms with Gasteiger partial charge in [-0.2, -0.15) is 0 Å². The van der Waals surface area contributed by atoms with Gasteiger partial charge in [0.2, 0.25) is 13.3 Å². The van der Waals surface area contributed by atoms with Crippen LogP contribution in [0.25, 0.3) is 0 Å².